The lowest BCUT2D eigenvalue weighted by molar-refractivity contribution is 0.584. The van der Waals surface area contributed by atoms with Gasteiger partial charge >= 0.3 is 0 Å². The lowest BCUT2D eigenvalue weighted by Gasteiger charge is -2.16. The number of hydrogen-bond donors (Lipinski definition) is 1. The highest BCUT2D eigenvalue weighted by molar-refractivity contribution is 7.89. The molecule has 0 heterocycles. The van der Waals surface area contributed by atoms with E-state index in [4.69, 9.17) is 0 Å². The Bertz CT molecular complexity index is 970. The van der Waals surface area contributed by atoms with Crippen LogP contribution >= 0.6 is 0 Å². The van der Waals surface area contributed by atoms with Gasteiger partial charge < -0.3 is 0 Å². The average Bonchev–Trinajstić information content (AvgIpc) is 2.70. The minimum atomic E-state index is -3.72. The number of nitrogens with zero attached hydrogens (tertiary/aromatic N) is 1. The molecule has 0 amide bonds. The molecule has 3 aromatic rings. The van der Waals surface area contributed by atoms with Crippen LogP contribution in [0.15, 0.2) is 101 Å². The van der Waals surface area contributed by atoms with E-state index in [-0.39, 0.29) is 10.8 Å². The molecule has 0 aliphatic rings. The van der Waals surface area contributed by atoms with Crippen molar-refractivity contribution in [1.82, 2.24) is 4.83 Å². The predicted molar refractivity (Wildman–Crippen MR) is 105 cm³/mol. The summed E-state index contributed by atoms with van der Waals surface area (Å²) in [5, 5.41) is 4.30. The van der Waals surface area contributed by atoms with Gasteiger partial charge in [0.05, 0.1) is 10.6 Å². The number of rotatable bonds is 6. The molecule has 26 heavy (non-hydrogen) atoms. The summed E-state index contributed by atoms with van der Waals surface area (Å²) >= 11 is 0. The van der Waals surface area contributed by atoms with Crippen LogP contribution < -0.4 is 4.83 Å². The van der Waals surface area contributed by atoms with Crippen LogP contribution in [0.4, 0.5) is 0 Å². The summed E-state index contributed by atoms with van der Waals surface area (Å²) in [4.78, 5) is 2.57. The Hall–Kier alpha value is -2.92. The van der Waals surface area contributed by atoms with Gasteiger partial charge in [0.15, 0.2) is 0 Å². The molecule has 1 N–H and O–H groups in total. The molecule has 3 rings (SSSR count). The van der Waals surface area contributed by atoms with Crippen LogP contribution in [0.1, 0.15) is 24.0 Å². The number of hydrazone groups is 1. The number of benzene rings is 3. The first-order valence-electron chi connectivity index (χ1n) is 8.33. The van der Waals surface area contributed by atoms with Crippen molar-refractivity contribution < 1.29 is 8.42 Å². The molecule has 5 heteroatoms. The molecule has 0 saturated heterocycles. The Morgan fingerprint density at radius 2 is 1.31 bits per heavy atom. The van der Waals surface area contributed by atoms with Gasteiger partial charge in [0.1, 0.15) is 0 Å². The Labute approximate surface area is 154 Å². The quantitative estimate of drug-likeness (QED) is 0.527. The van der Waals surface area contributed by atoms with Crippen LogP contribution in [0, 0.1) is 0 Å². The van der Waals surface area contributed by atoms with Crippen LogP contribution in [-0.2, 0) is 10.0 Å². The summed E-state index contributed by atoms with van der Waals surface area (Å²) in [6.45, 7) is 2.01. The van der Waals surface area contributed by atoms with E-state index < -0.39 is 10.0 Å². The van der Waals surface area contributed by atoms with Crippen molar-refractivity contribution in [3.8, 4) is 0 Å². The van der Waals surface area contributed by atoms with Gasteiger partial charge in [-0.3, -0.25) is 0 Å². The largest absolute Gasteiger partial charge is 0.276 e. The van der Waals surface area contributed by atoms with E-state index >= 15 is 0 Å². The smallest absolute Gasteiger partial charge is 0.200 e. The third-order valence-corrected chi connectivity index (χ3v) is 5.34. The Balaban J connectivity index is 1.97. The maximum atomic E-state index is 12.5. The third-order valence-electron chi connectivity index (χ3n) is 4.12. The van der Waals surface area contributed by atoms with Crippen LogP contribution in [0.5, 0.6) is 0 Å². The first-order valence-corrected chi connectivity index (χ1v) is 9.81. The molecular formula is C21H20N2O2S. The normalized spacial score (nSPS) is 13.2. The van der Waals surface area contributed by atoms with E-state index in [2.05, 4.69) is 9.93 Å². The fourth-order valence-electron chi connectivity index (χ4n) is 2.68. The van der Waals surface area contributed by atoms with E-state index in [9.17, 15) is 8.42 Å². The van der Waals surface area contributed by atoms with E-state index in [1.54, 1.807) is 30.3 Å². The van der Waals surface area contributed by atoms with Gasteiger partial charge in [-0.2, -0.15) is 18.4 Å². The van der Waals surface area contributed by atoms with Gasteiger partial charge in [0, 0.05) is 5.92 Å². The van der Waals surface area contributed by atoms with Gasteiger partial charge in [0.25, 0.3) is 10.0 Å². The van der Waals surface area contributed by atoms with Crippen LogP contribution in [0.25, 0.3) is 0 Å². The summed E-state index contributed by atoms with van der Waals surface area (Å²) in [5.74, 6) is -0.0722. The van der Waals surface area contributed by atoms with Crippen LogP contribution in [-0.4, -0.2) is 14.1 Å². The molecule has 0 radical (unpaired) electrons. The van der Waals surface area contributed by atoms with E-state index in [1.165, 1.54) is 0 Å². The molecule has 132 valence electrons. The van der Waals surface area contributed by atoms with Gasteiger partial charge in [-0.25, -0.2) is 0 Å². The summed E-state index contributed by atoms with van der Waals surface area (Å²) in [6, 6.07) is 27.7. The fraction of sp³-hybridized carbons (Fsp3) is 0.0952. The molecule has 1 unspecified atom stereocenters. The van der Waals surface area contributed by atoms with Crippen LogP contribution in [0.2, 0.25) is 0 Å². The first-order chi connectivity index (χ1) is 12.6. The van der Waals surface area contributed by atoms with Crippen molar-refractivity contribution in [3.05, 3.63) is 102 Å². The monoisotopic (exact) mass is 364 g/mol. The van der Waals surface area contributed by atoms with Crippen molar-refractivity contribution in [2.75, 3.05) is 0 Å². The summed E-state index contributed by atoms with van der Waals surface area (Å²) in [5.41, 5.74) is 2.60. The summed E-state index contributed by atoms with van der Waals surface area (Å²) < 4.78 is 25.0. The zero-order valence-corrected chi connectivity index (χ0v) is 15.2. The molecular weight excluding hydrogens is 344 g/mol. The van der Waals surface area contributed by atoms with E-state index in [0.717, 1.165) is 11.1 Å². The third kappa shape index (κ3) is 4.18. The van der Waals surface area contributed by atoms with Gasteiger partial charge in [0.2, 0.25) is 0 Å². The molecule has 0 aliphatic heterocycles. The topological polar surface area (TPSA) is 58.5 Å². The minimum absolute atomic E-state index is 0.0722. The second-order valence-corrected chi connectivity index (χ2v) is 7.56. The number of nitrogens with one attached hydrogen (secondary N) is 1. The highest BCUT2D eigenvalue weighted by atomic mass is 32.2. The maximum Gasteiger partial charge on any atom is 0.276 e. The van der Waals surface area contributed by atoms with E-state index in [1.807, 2.05) is 67.6 Å². The summed E-state index contributed by atoms with van der Waals surface area (Å²) in [6.07, 6.45) is 0. The first kappa shape index (κ1) is 17.9. The molecule has 0 aliphatic carbocycles. The Kier molecular flexibility index (Phi) is 5.49. The van der Waals surface area contributed by atoms with E-state index in [0.29, 0.717) is 5.71 Å². The molecule has 4 nitrogen and oxygen atoms in total. The molecule has 0 bridgehead atoms. The minimum Gasteiger partial charge on any atom is -0.200 e. The molecule has 1 atom stereocenters. The standard InChI is InChI=1S/C21H20N2O2S/c1-17(18-11-5-2-6-12-18)21(19-13-7-3-8-14-19)22-23-26(24,25)20-15-9-4-10-16-20/h2-17,23H,1H3. The van der Waals surface area contributed by atoms with Crippen molar-refractivity contribution in [2.24, 2.45) is 5.10 Å². The number of hydrogen-bond acceptors (Lipinski definition) is 3. The molecule has 0 aromatic heterocycles. The highest BCUT2D eigenvalue weighted by Gasteiger charge is 2.18. The van der Waals surface area contributed by atoms with Crippen molar-refractivity contribution in [1.29, 1.82) is 0 Å². The predicted octanol–water partition coefficient (Wildman–Crippen LogP) is 4.17. The Morgan fingerprint density at radius 1 is 0.808 bits per heavy atom. The lowest BCUT2D eigenvalue weighted by atomic mass is 9.92. The zero-order chi connectivity index (χ0) is 18.4. The van der Waals surface area contributed by atoms with Crippen molar-refractivity contribution in [2.45, 2.75) is 17.7 Å². The van der Waals surface area contributed by atoms with Gasteiger partial charge in [-0.1, -0.05) is 85.8 Å². The number of sulfonamides is 1. The second-order valence-electron chi connectivity index (χ2n) is 5.90. The SMILES string of the molecule is CC(C(=NNS(=O)(=O)c1ccccc1)c1ccccc1)c1ccccc1. The van der Waals surface area contributed by atoms with Gasteiger partial charge in [-0.05, 0) is 23.3 Å². The second kappa shape index (κ2) is 7.97. The summed E-state index contributed by atoms with van der Waals surface area (Å²) in [7, 11) is -3.72. The van der Waals surface area contributed by atoms with Crippen LogP contribution in [0.3, 0.4) is 0 Å². The average molecular weight is 364 g/mol. The highest BCUT2D eigenvalue weighted by Crippen LogP contribution is 2.21. The van der Waals surface area contributed by atoms with Gasteiger partial charge in [-0.15, -0.1) is 0 Å². The lowest BCUT2D eigenvalue weighted by Crippen LogP contribution is -2.22. The van der Waals surface area contributed by atoms with Crippen molar-refractivity contribution >= 4 is 15.7 Å². The maximum absolute atomic E-state index is 12.5. The zero-order valence-electron chi connectivity index (χ0n) is 14.4. The molecule has 3 aromatic carbocycles. The molecule has 0 fully saturated rings. The molecule has 0 saturated carbocycles. The Morgan fingerprint density at radius 3 is 1.88 bits per heavy atom. The fourth-order valence-corrected chi connectivity index (χ4v) is 3.52. The molecule has 0 spiro atoms. The van der Waals surface area contributed by atoms with Crippen molar-refractivity contribution in [3.63, 3.8) is 0 Å².